The van der Waals surface area contributed by atoms with Crippen molar-refractivity contribution in [2.24, 2.45) is 4.99 Å². The van der Waals surface area contributed by atoms with E-state index in [1.807, 2.05) is 54.6 Å². The van der Waals surface area contributed by atoms with Gasteiger partial charge in [-0.15, -0.1) is 0 Å². The zero-order chi connectivity index (χ0) is 17.5. The Kier molecular flexibility index (Phi) is 5.21. The monoisotopic (exact) mass is 334 g/mol. The standard InChI is InChI=1S/C19H18N4O2/c1-25-18-9-5-6-15(12-18)13-20-19(24)22-16-10-11-23(21-14-16)17-7-3-2-4-8-17/h2-12,14H,13H2,1H3,(H,20,24). The molecule has 2 aromatic carbocycles. The maximum absolute atomic E-state index is 12.0. The van der Waals surface area contributed by atoms with Gasteiger partial charge in [-0.25, -0.2) is 9.48 Å². The van der Waals surface area contributed by atoms with Crippen LogP contribution in [-0.2, 0) is 6.54 Å². The molecule has 0 aliphatic rings. The quantitative estimate of drug-likeness (QED) is 0.797. The van der Waals surface area contributed by atoms with E-state index in [2.05, 4.69) is 15.4 Å². The Morgan fingerprint density at radius 2 is 2.00 bits per heavy atom. The number of urea groups is 1. The summed E-state index contributed by atoms with van der Waals surface area (Å²) in [6.07, 6.45) is 3.32. The van der Waals surface area contributed by atoms with E-state index in [4.69, 9.17) is 4.74 Å². The third kappa shape index (κ3) is 4.54. The summed E-state index contributed by atoms with van der Waals surface area (Å²) in [5.41, 5.74) is 1.88. The van der Waals surface area contributed by atoms with E-state index >= 15 is 0 Å². The van der Waals surface area contributed by atoms with E-state index in [-0.39, 0.29) is 0 Å². The third-order valence-electron chi connectivity index (χ3n) is 3.53. The first-order valence-corrected chi connectivity index (χ1v) is 7.80. The lowest BCUT2D eigenvalue weighted by atomic mass is 10.2. The van der Waals surface area contributed by atoms with Gasteiger partial charge in [0.1, 0.15) is 5.75 Å². The highest BCUT2D eigenvalue weighted by Crippen LogP contribution is 2.12. The van der Waals surface area contributed by atoms with Crippen molar-refractivity contribution in [3.05, 3.63) is 84.0 Å². The number of hydrogen-bond donors (Lipinski definition) is 1. The van der Waals surface area contributed by atoms with Gasteiger partial charge in [0.15, 0.2) is 0 Å². The number of carbonyl (C=O) groups excluding carboxylic acids is 1. The lowest BCUT2D eigenvalue weighted by Crippen LogP contribution is -2.22. The van der Waals surface area contributed by atoms with E-state index in [9.17, 15) is 4.79 Å². The Morgan fingerprint density at radius 1 is 1.16 bits per heavy atom. The van der Waals surface area contributed by atoms with Crippen molar-refractivity contribution in [2.75, 3.05) is 7.11 Å². The first-order valence-electron chi connectivity index (χ1n) is 7.80. The maximum Gasteiger partial charge on any atom is 0.341 e. The topological polar surface area (TPSA) is 68.5 Å². The van der Waals surface area contributed by atoms with Crippen LogP contribution in [0.2, 0.25) is 0 Å². The molecule has 126 valence electrons. The van der Waals surface area contributed by atoms with E-state index < -0.39 is 6.03 Å². The van der Waals surface area contributed by atoms with Crippen LogP contribution in [0.1, 0.15) is 5.56 Å². The fraction of sp³-hybridized carbons (Fsp3) is 0.105. The van der Waals surface area contributed by atoms with Crippen molar-refractivity contribution in [2.45, 2.75) is 6.54 Å². The molecule has 0 fully saturated rings. The van der Waals surface area contributed by atoms with Crippen LogP contribution in [0.25, 0.3) is 5.69 Å². The van der Waals surface area contributed by atoms with E-state index in [0.29, 0.717) is 11.9 Å². The number of aromatic nitrogens is 2. The molecule has 2 amide bonds. The molecular formula is C19H18N4O2. The molecule has 0 aliphatic heterocycles. The number of para-hydroxylation sites is 1. The van der Waals surface area contributed by atoms with E-state index in [0.717, 1.165) is 17.0 Å². The number of hydrogen-bond acceptors (Lipinski definition) is 3. The van der Waals surface area contributed by atoms with Gasteiger partial charge in [0, 0.05) is 12.7 Å². The molecule has 0 saturated carbocycles. The molecule has 25 heavy (non-hydrogen) atoms. The van der Waals surface area contributed by atoms with Crippen molar-refractivity contribution in [1.82, 2.24) is 15.1 Å². The number of methoxy groups -OCH3 is 1. The molecule has 0 aliphatic carbocycles. The summed E-state index contributed by atoms with van der Waals surface area (Å²) in [6.45, 7) is 0.379. The van der Waals surface area contributed by atoms with Crippen LogP contribution in [0, 0.1) is 0 Å². The van der Waals surface area contributed by atoms with E-state index in [1.54, 1.807) is 30.3 Å². The molecule has 0 bridgehead atoms. The Morgan fingerprint density at radius 3 is 2.72 bits per heavy atom. The lowest BCUT2D eigenvalue weighted by molar-refractivity contribution is 0.248. The second kappa shape index (κ2) is 7.92. The normalized spacial score (nSPS) is 11.2. The Labute approximate surface area is 145 Å². The summed E-state index contributed by atoms with van der Waals surface area (Å²) in [7, 11) is 1.61. The number of rotatable bonds is 4. The second-order valence-corrected chi connectivity index (χ2v) is 5.29. The molecule has 1 N–H and O–H groups in total. The number of nitrogens with one attached hydrogen (secondary N) is 1. The number of carbonyl (C=O) groups is 1. The zero-order valence-electron chi connectivity index (χ0n) is 13.8. The molecule has 3 rings (SSSR count). The van der Waals surface area contributed by atoms with Gasteiger partial charge in [0.25, 0.3) is 0 Å². The molecule has 0 saturated heterocycles. The van der Waals surface area contributed by atoms with Crippen LogP contribution in [0.4, 0.5) is 4.79 Å². The van der Waals surface area contributed by atoms with Crippen LogP contribution < -0.4 is 15.4 Å². The summed E-state index contributed by atoms with van der Waals surface area (Å²) in [6, 6.07) is 18.6. The van der Waals surface area contributed by atoms with Crippen LogP contribution in [0.3, 0.4) is 0 Å². The predicted molar refractivity (Wildman–Crippen MR) is 94.4 cm³/mol. The number of nitrogens with zero attached hydrogens (tertiary/aromatic N) is 3. The van der Waals surface area contributed by atoms with Gasteiger partial charge in [-0.2, -0.15) is 10.1 Å². The highest BCUT2D eigenvalue weighted by atomic mass is 16.5. The van der Waals surface area contributed by atoms with Gasteiger partial charge >= 0.3 is 6.03 Å². The molecule has 1 heterocycles. The molecular weight excluding hydrogens is 316 g/mol. The summed E-state index contributed by atoms with van der Waals surface area (Å²) in [5, 5.41) is 7.51. The van der Waals surface area contributed by atoms with Crippen molar-refractivity contribution < 1.29 is 9.53 Å². The number of ether oxygens (including phenoxy) is 1. The zero-order valence-corrected chi connectivity index (χ0v) is 13.8. The summed E-state index contributed by atoms with van der Waals surface area (Å²) < 4.78 is 6.87. The van der Waals surface area contributed by atoms with Crippen LogP contribution in [0.15, 0.2) is 78.0 Å². The van der Waals surface area contributed by atoms with Gasteiger partial charge in [-0.1, -0.05) is 30.3 Å². The molecule has 6 heteroatoms. The highest BCUT2D eigenvalue weighted by molar-refractivity contribution is 5.74. The number of amides is 2. The van der Waals surface area contributed by atoms with Gasteiger partial charge in [-0.3, -0.25) is 0 Å². The summed E-state index contributed by atoms with van der Waals surface area (Å²) >= 11 is 0. The third-order valence-corrected chi connectivity index (χ3v) is 3.53. The summed E-state index contributed by atoms with van der Waals surface area (Å²) in [5.74, 6) is 0.751. The van der Waals surface area contributed by atoms with Crippen LogP contribution >= 0.6 is 0 Å². The molecule has 0 radical (unpaired) electrons. The molecule has 0 unspecified atom stereocenters. The maximum atomic E-state index is 12.0. The highest BCUT2D eigenvalue weighted by Gasteiger charge is 2.00. The average Bonchev–Trinajstić information content (AvgIpc) is 2.68. The smallest absolute Gasteiger partial charge is 0.341 e. The largest absolute Gasteiger partial charge is 0.497 e. The Hall–Kier alpha value is -3.41. The van der Waals surface area contributed by atoms with Gasteiger partial charge in [-0.05, 0) is 35.9 Å². The van der Waals surface area contributed by atoms with Gasteiger partial charge in [0.2, 0.25) is 0 Å². The molecule has 3 aromatic rings. The predicted octanol–water partition coefficient (Wildman–Crippen LogP) is 2.69. The SMILES string of the molecule is COc1cccc(CNC(=O)N=c2ccn(-c3ccccc3)nc2)c1. The van der Waals surface area contributed by atoms with Crippen molar-refractivity contribution in [3.8, 4) is 11.4 Å². The minimum absolute atomic E-state index is 0.379. The molecule has 0 spiro atoms. The van der Waals surface area contributed by atoms with Gasteiger partial charge in [0.05, 0.1) is 24.4 Å². The Balaban J connectivity index is 1.65. The van der Waals surface area contributed by atoms with Crippen LogP contribution in [-0.4, -0.2) is 22.9 Å². The minimum atomic E-state index is -0.415. The lowest BCUT2D eigenvalue weighted by Gasteiger charge is -2.05. The molecule has 1 aromatic heterocycles. The Bertz CT molecular complexity index is 899. The summed E-state index contributed by atoms with van der Waals surface area (Å²) in [4.78, 5) is 15.9. The van der Waals surface area contributed by atoms with Crippen molar-refractivity contribution >= 4 is 6.03 Å². The van der Waals surface area contributed by atoms with Crippen LogP contribution in [0.5, 0.6) is 5.75 Å². The fourth-order valence-corrected chi connectivity index (χ4v) is 2.27. The second-order valence-electron chi connectivity index (χ2n) is 5.29. The molecule has 0 atom stereocenters. The fourth-order valence-electron chi connectivity index (χ4n) is 2.27. The molecule has 6 nitrogen and oxygen atoms in total. The van der Waals surface area contributed by atoms with Crippen molar-refractivity contribution in [1.29, 1.82) is 0 Å². The van der Waals surface area contributed by atoms with Gasteiger partial charge < -0.3 is 10.1 Å². The average molecular weight is 334 g/mol. The number of benzene rings is 2. The van der Waals surface area contributed by atoms with Crippen molar-refractivity contribution in [3.63, 3.8) is 0 Å². The minimum Gasteiger partial charge on any atom is -0.497 e. The first-order chi connectivity index (χ1) is 12.2. The first kappa shape index (κ1) is 16.4. The van der Waals surface area contributed by atoms with E-state index in [1.165, 1.54) is 0 Å².